The van der Waals surface area contributed by atoms with Crippen LogP contribution in [0.1, 0.15) is 90.1 Å². The minimum Gasteiger partial charge on any atom is -0.507 e. The first-order chi connectivity index (χ1) is 17.7. The monoisotopic (exact) mass is 524 g/mol. The Balaban J connectivity index is 2.14. The molecule has 0 bridgehead atoms. The van der Waals surface area contributed by atoms with Gasteiger partial charge in [0, 0.05) is 25.0 Å². The highest BCUT2D eigenvalue weighted by Crippen LogP contribution is 2.52. The Bertz CT molecular complexity index is 1460. The van der Waals surface area contributed by atoms with Crippen LogP contribution in [-0.4, -0.2) is 56.0 Å². The molecule has 1 heterocycles. The van der Waals surface area contributed by atoms with Crippen LogP contribution in [0.25, 0.3) is 0 Å². The van der Waals surface area contributed by atoms with E-state index in [2.05, 4.69) is 0 Å². The average Bonchev–Trinajstić information content (AvgIpc) is 3.16. The lowest BCUT2D eigenvalue weighted by molar-refractivity contribution is -0.223. The number of ketones is 2. The van der Waals surface area contributed by atoms with Gasteiger partial charge in [-0.2, -0.15) is 5.26 Å². The molecule has 12 heteroatoms. The van der Waals surface area contributed by atoms with E-state index in [1.165, 1.54) is 32.0 Å². The molecule has 2 aromatic rings. The van der Waals surface area contributed by atoms with E-state index in [1.807, 2.05) is 0 Å². The molecule has 1 aromatic heterocycles. The Labute approximate surface area is 216 Å². The summed E-state index contributed by atoms with van der Waals surface area (Å²) in [6, 6.07) is 3.85. The summed E-state index contributed by atoms with van der Waals surface area (Å²) in [6.07, 6.45) is -3.36. The molecule has 38 heavy (non-hydrogen) atoms. The predicted molar refractivity (Wildman–Crippen MR) is 125 cm³/mol. The maximum Gasteiger partial charge on any atom is 0.309 e. The van der Waals surface area contributed by atoms with Crippen molar-refractivity contribution < 1.29 is 48.4 Å². The van der Waals surface area contributed by atoms with Crippen LogP contribution in [0.15, 0.2) is 18.2 Å². The van der Waals surface area contributed by atoms with Gasteiger partial charge in [-0.25, -0.2) is 4.57 Å². The number of aromatic nitrogens is 1. The van der Waals surface area contributed by atoms with E-state index < -0.39 is 70.7 Å². The van der Waals surface area contributed by atoms with Crippen LogP contribution in [0.3, 0.4) is 0 Å². The average molecular weight is 524 g/mol. The van der Waals surface area contributed by atoms with Gasteiger partial charge in [0.25, 0.3) is 0 Å². The van der Waals surface area contributed by atoms with Gasteiger partial charge < -0.3 is 24.4 Å². The van der Waals surface area contributed by atoms with Gasteiger partial charge in [0.05, 0.1) is 22.7 Å². The van der Waals surface area contributed by atoms with E-state index in [1.54, 1.807) is 6.19 Å². The van der Waals surface area contributed by atoms with E-state index in [-0.39, 0.29) is 27.9 Å². The minimum atomic E-state index is -2.31. The number of carbonyl (C=O) groups excluding carboxylic acids is 5. The first-order valence-electron chi connectivity index (χ1n) is 11.6. The number of phenols is 1. The smallest absolute Gasteiger partial charge is 0.309 e. The number of aromatic hydroxyl groups is 1. The maximum atomic E-state index is 13.8. The van der Waals surface area contributed by atoms with Gasteiger partial charge in [-0.05, 0) is 13.0 Å². The van der Waals surface area contributed by atoms with Crippen LogP contribution >= 0.6 is 0 Å². The van der Waals surface area contributed by atoms with Crippen molar-refractivity contribution in [2.75, 3.05) is 0 Å². The molecular formula is C26H24N2O10. The van der Waals surface area contributed by atoms with Crippen molar-refractivity contribution in [1.29, 1.82) is 5.26 Å². The highest BCUT2D eigenvalue weighted by molar-refractivity contribution is 6.29. The topological polar surface area (TPSA) is 182 Å². The van der Waals surface area contributed by atoms with Gasteiger partial charge in [-0.1, -0.05) is 26.0 Å². The minimum absolute atomic E-state index is 0.181. The molecule has 0 radical (unpaired) electrons. The molecule has 2 aliphatic carbocycles. The van der Waals surface area contributed by atoms with Crippen LogP contribution in [0.5, 0.6) is 5.75 Å². The quantitative estimate of drug-likeness (QED) is 0.375. The molecule has 0 fully saturated rings. The molecule has 4 atom stereocenters. The lowest BCUT2D eigenvalue weighted by Gasteiger charge is -2.45. The molecule has 1 aromatic carbocycles. The van der Waals surface area contributed by atoms with Crippen LogP contribution in [-0.2, 0) is 28.6 Å². The summed E-state index contributed by atoms with van der Waals surface area (Å²) in [4.78, 5) is 64.3. The van der Waals surface area contributed by atoms with Crippen LogP contribution in [0, 0.1) is 17.4 Å². The number of benzene rings is 1. The summed E-state index contributed by atoms with van der Waals surface area (Å²) in [6.45, 7) is 6.27. The summed E-state index contributed by atoms with van der Waals surface area (Å²) in [7, 11) is 0. The summed E-state index contributed by atoms with van der Waals surface area (Å²) in [5.74, 6) is -5.49. The molecule has 4 rings (SSSR count). The van der Waals surface area contributed by atoms with E-state index in [0.29, 0.717) is 4.57 Å². The number of aliphatic hydroxyl groups is 1. The number of esters is 3. The maximum absolute atomic E-state index is 13.8. The number of carbonyl (C=O) groups is 5. The number of ether oxygens (including phenoxy) is 3. The summed E-state index contributed by atoms with van der Waals surface area (Å²) in [5, 5.41) is 32.2. The Kier molecular flexibility index (Phi) is 6.37. The first-order valence-corrected chi connectivity index (χ1v) is 11.6. The molecule has 2 N–H and O–H groups in total. The van der Waals surface area contributed by atoms with Crippen LogP contribution in [0.4, 0.5) is 0 Å². The van der Waals surface area contributed by atoms with Gasteiger partial charge in [-0.15, -0.1) is 0 Å². The lowest BCUT2D eigenvalue weighted by atomic mass is 9.75. The van der Waals surface area contributed by atoms with Crippen molar-refractivity contribution in [2.45, 2.75) is 58.5 Å². The molecule has 2 aliphatic rings. The number of fused-ring (bicyclic) bond motifs is 4. The second-order valence-electron chi connectivity index (χ2n) is 9.57. The molecular weight excluding hydrogens is 500 g/mol. The summed E-state index contributed by atoms with van der Waals surface area (Å²) < 4.78 is 17.1. The van der Waals surface area contributed by atoms with Crippen molar-refractivity contribution in [3.05, 3.63) is 51.8 Å². The summed E-state index contributed by atoms with van der Waals surface area (Å²) >= 11 is 0. The van der Waals surface area contributed by atoms with Gasteiger partial charge in [0.15, 0.2) is 30.3 Å². The van der Waals surface area contributed by atoms with E-state index in [0.717, 1.165) is 20.8 Å². The van der Waals surface area contributed by atoms with Gasteiger partial charge >= 0.3 is 17.9 Å². The highest BCUT2D eigenvalue weighted by atomic mass is 16.6. The molecule has 0 aliphatic heterocycles. The number of phenolic OH excluding ortho intramolecular Hbond substituents is 1. The molecule has 4 unspecified atom stereocenters. The fourth-order valence-electron chi connectivity index (χ4n) is 4.90. The second kappa shape index (κ2) is 9.11. The number of nitriles is 1. The van der Waals surface area contributed by atoms with Crippen molar-refractivity contribution in [1.82, 2.24) is 4.57 Å². The third-order valence-electron chi connectivity index (χ3n) is 6.51. The van der Waals surface area contributed by atoms with Gasteiger partial charge in [-0.3, -0.25) is 24.0 Å². The van der Waals surface area contributed by atoms with E-state index in [9.17, 15) is 39.4 Å². The molecule has 0 spiro atoms. The largest absolute Gasteiger partial charge is 0.507 e. The Morgan fingerprint density at radius 1 is 1.05 bits per heavy atom. The molecule has 0 saturated carbocycles. The number of hydrogen-bond acceptors (Lipinski definition) is 11. The standard InChI is InChI=1S/C26H24N2O10/c1-10(2)25(34)38-23-19-17(22(36-11(3)29)24(26(23,5)35)37-12(4)30)16-18(28(19)9-27)21(33)15-13(20(16)32)7-6-8-14(15)31/h6-8,10,22-24,31,35H,1-5H3. The predicted octanol–water partition coefficient (Wildman–Crippen LogP) is 1.84. The molecule has 0 saturated heterocycles. The van der Waals surface area contributed by atoms with Crippen molar-refractivity contribution >= 4 is 29.5 Å². The van der Waals surface area contributed by atoms with E-state index >= 15 is 0 Å². The zero-order chi connectivity index (χ0) is 28.3. The van der Waals surface area contributed by atoms with Crippen molar-refractivity contribution in [3.8, 4) is 11.9 Å². The Hall–Kier alpha value is -4.50. The Morgan fingerprint density at radius 2 is 1.68 bits per heavy atom. The Morgan fingerprint density at radius 3 is 2.24 bits per heavy atom. The zero-order valence-corrected chi connectivity index (χ0v) is 21.1. The van der Waals surface area contributed by atoms with Crippen molar-refractivity contribution in [2.24, 2.45) is 5.92 Å². The van der Waals surface area contributed by atoms with Crippen LogP contribution < -0.4 is 0 Å². The number of nitrogens with zero attached hydrogens (tertiary/aromatic N) is 2. The number of rotatable bonds is 4. The lowest BCUT2D eigenvalue weighted by Crippen LogP contribution is -2.56. The summed E-state index contributed by atoms with van der Waals surface area (Å²) in [5.41, 5.74) is -4.23. The third-order valence-corrected chi connectivity index (χ3v) is 6.51. The van der Waals surface area contributed by atoms with Gasteiger partial charge in [0.2, 0.25) is 5.78 Å². The third kappa shape index (κ3) is 3.83. The van der Waals surface area contributed by atoms with Crippen molar-refractivity contribution in [3.63, 3.8) is 0 Å². The highest BCUT2D eigenvalue weighted by Gasteiger charge is 2.60. The molecule has 0 amide bonds. The SMILES string of the molecule is CC(=O)OC1c2c3c(n(C#N)c2C(OC(=O)C(C)C)C(C)(O)C1OC(C)=O)C(=O)c1c(O)cccc1C3=O. The molecule has 198 valence electrons. The second-order valence-corrected chi connectivity index (χ2v) is 9.57. The van der Waals surface area contributed by atoms with Gasteiger partial charge in [0.1, 0.15) is 17.0 Å². The number of hydrogen-bond donors (Lipinski definition) is 2. The molecule has 12 nitrogen and oxygen atoms in total. The zero-order valence-electron chi connectivity index (χ0n) is 21.1. The first kappa shape index (κ1) is 26.6. The fourth-order valence-corrected chi connectivity index (χ4v) is 4.90. The van der Waals surface area contributed by atoms with Crippen LogP contribution in [0.2, 0.25) is 0 Å². The van der Waals surface area contributed by atoms with E-state index in [4.69, 9.17) is 14.2 Å². The fraction of sp³-hybridized carbons (Fsp3) is 0.385. The normalized spacial score (nSPS) is 23.6.